The Morgan fingerprint density at radius 2 is 2.47 bits per heavy atom. The first-order valence-electron chi connectivity index (χ1n) is 4.53. The summed E-state index contributed by atoms with van der Waals surface area (Å²) in [6.07, 6.45) is 6.15. The Hall–Kier alpha value is -2.11. The average Bonchev–Trinajstić information content (AvgIpc) is 2.69. The van der Waals surface area contributed by atoms with Crippen LogP contribution < -0.4 is 10.3 Å². The van der Waals surface area contributed by atoms with Gasteiger partial charge in [-0.3, -0.25) is 9.48 Å². The molecule has 0 aromatic carbocycles. The normalized spacial score (nSPS) is 10.2. The summed E-state index contributed by atoms with van der Waals surface area (Å²) in [4.78, 5) is 17.5. The quantitative estimate of drug-likeness (QED) is 0.805. The highest BCUT2D eigenvalue weighted by molar-refractivity contribution is 5.19. The van der Waals surface area contributed by atoms with Gasteiger partial charge in [0.05, 0.1) is 12.4 Å². The van der Waals surface area contributed by atoms with Crippen molar-refractivity contribution in [2.75, 3.05) is 0 Å². The zero-order valence-electron chi connectivity index (χ0n) is 8.17. The second-order valence-electron chi connectivity index (χ2n) is 2.86. The number of hydrogen-bond donors (Lipinski definition) is 1. The van der Waals surface area contributed by atoms with Crippen LogP contribution >= 0.6 is 0 Å². The molecule has 0 radical (unpaired) electrons. The molecule has 2 heterocycles. The van der Waals surface area contributed by atoms with Crippen molar-refractivity contribution in [2.24, 2.45) is 0 Å². The predicted molar refractivity (Wildman–Crippen MR) is 52.8 cm³/mol. The summed E-state index contributed by atoms with van der Waals surface area (Å²) >= 11 is 0. The third kappa shape index (κ3) is 2.04. The molecule has 2 aromatic rings. The van der Waals surface area contributed by atoms with E-state index in [1.165, 1.54) is 18.6 Å². The van der Waals surface area contributed by atoms with Crippen LogP contribution in [0.15, 0.2) is 29.6 Å². The number of rotatable bonds is 3. The SMILES string of the molecule is CCn1cc(Oc2ncc[nH]c2=O)cn1. The lowest BCUT2D eigenvalue weighted by Crippen LogP contribution is -2.08. The number of aromatic nitrogens is 4. The first kappa shape index (κ1) is 9.45. The van der Waals surface area contributed by atoms with Crippen molar-refractivity contribution in [3.8, 4) is 11.6 Å². The third-order valence-electron chi connectivity index (χ3n) is 1.82. The summed E-state index contributed by atoms with van der Waals surface area (Å²) in [5.41, 5.74) is -0.359. The van der Waals surface area contributed by atoms with Gasteiger partial charge in [0.15, 0.2) is 5.75 Å². The van der Waals surface area contributed by atoms with Crippen LogP contribution in [0.4, 0.5) is 0 Å². The molecule has 0 unspecified atom stereocenters. The number of aryl methyl sites for hydroxylation is 1. The molecule has 0 aliphatic rings. The van der Waals surface area contributed by atoms with Crippen molar-refractivity contribution in [3.63, 3.8) is 0 Å². The lowest BCUT2D eigenvalue weighted by atomic mass is 10.6. The summed E-state index contributed by atoms with van der Waals surface area (Å²) in [5.74, 6) is 0.522. The second kappa shape index (κ2) is 3.95. The van der Waals surface area contributed by atoms with Gasteiger partial charge in [0.25, 0.3) is 5.88 Å². The Labute approximate surface area is 85.5 Å². The molecule has 6 heteroatoms. The maximum atomic E-state index is 11.2. The molecule has 0 fully saturated rings. The number of ether oxygens (including phenoxy) is 1. The van der Waals surface area contributed by atoms with Crippen molar-refractivity contribution < 1.29 is 4.74 Å². The summed E-state index contributed by atoms with van der Waals surface area (Å²) in [6, 6.07) is 0. The van der Waals surface area contributed by atoms with Crippen LogP contribution in [0.25, 0.3) is 0 Å². The average molecular weight is 206 g/mol. The summed E-state index contributed by atoms with van der Waals surface area (Å²) < 4.78 is 6.95. The molecular weight excluding hydrogens is 196 g/mol. The van der Waals surface area contributed by atoms with Crippen LogP contribution in [0, 0.1) is 0 Å². The lowest BCUT2D eigenvalue weighted by molar-refractivity contribution is 0.453. The van der Waals surface area contributed by atoms with E-state index in [4.69, 9.17) is 4.74 Å². The first-order chi connectivity index (χ1) is 7.29. The van der Waals surface area contributed by atoms with E-state index in [9.17, 15) is 4.79 Å². The fraction of sp³-hybridized carbons (Fsp3) is 0.222. The smallest absolute Gasteiger partial charge is 0.311 e. The van der Waals surface area contributed by atoms with E-state index in [0.29, 0.717) is 5.75 Å². The van der Waals surface area contributed by atoms with Gasteiger partial charge >= 0.3 is 5.56 Å². The first-order valence-corrected chi connectivity index (χ1v) is 4.53. The molecule has 6 nitrogen and oxygen atoms in total. The topological polar surface area (TPSA) is 72.8 Å². The van der Waals surface area contributed by atoms with E-state index >= 15 is 0 Å². The molecule has 78 valence electrons. The zero-order valence-corrected chi connectivity index (χ0v) is 8.17. The van der Waals surface area contributed by atoms with Gasteiger partial charge in [0.1, 0.15) is 0 Å². The summed E-state index contributed by atoms with van der Waals surface area (Å²) in [5, 5.41) is 4.01. The summed E-state index contributed by atoms with van der Waals surface area (Å²) in [7, 11) is 0. The molecule has 0 bridgehead atoms. The molecule has 0 spiro atoms. The third-order valence-corrected chi connectivity index (χ3v) is 1.82. The van der Waals surface area contributed by atoms with Gasteiger partial charge in [-0.2, -0.15) is 5.10 Å². The number of nitrogens with zero attached hydrogens (tertiary/aromatic N) is 3. The molecule has 0 amide bonds. The van der Waals surface area contributed by atoms with E-state index in [0.717, 1.165) is 6.54 Å². The Balaban J connectivity index is 2.22. The maximum Gasteiger partial charge on any atom is 0.311 e. The van der Waals surface area contributed by atoms with Gasteiger partial charge in [-0.15, -0.1) is 0 Å². The van der Waals surface area contributed by atoms with Crippen LogP contribution in [0.5, 0.6) is 11.6 Å². The Kier molecular flexibility index (Phi) is 2.49. The molecule has 15 heavy (non-hydrogen) atoms. The Morgan fingerprint density at radius 3 is 3.13 bits per heavy atom. The van der Waals surface area contributed by atoms with Crippen molar-refractivity contribution in [1.29, 1.82) is 0 Å². The van der Waals surface area contributed by atoms with Crippen molar-refractivity contribution in [1.82, 2.24) is 19.7 Å². The van der Waals surface area contributed by atoms with Crippen LogP contribution in [0.2, 0.25) is 0 Å². The minimum atomic E-state index is -0.359. The summed E-state index contributed by atoms with van der Waals surface area (Å²) in [6.45, 7) is 2.71. The molecule has 0 saturated heterocycles. The highest BCUT2D eigenvalue weighted by Crippen LogP contribution is 2.13. The van der Waals surface area contributed by atoms with Crippen LogP contribution in [0.3, 0.4) is 0 Å². The molecule has 0 aliphatic carbocycles. The van der Waals surface area contributed by atoms with Crippen LogP contribution in [-0.4, -0.2) is 19.7 Å². The van der Waals surface area contributed by atoms with E-state index in [-0.39, 0.29) is 11.4 Å². The second-order valence-corrected chi connectivity index (χ2v) is 2.86. The van der Waals surface area contributed by atoms with E-state index < -0.39 is 0 Å². The standard InChI is InChI=1S/C9H10N4O2/c1-2-13-6-7(5-12-13)15-9-8(14)10-3-4-11-9/h3-6H,2H2,1H3,(H,10,14). The van der Waals surface area contributed by atoms with E-state index in [1.807, 2.05) is 6.92 Å². The van der Waals surface area contributed by atoms with Crippen LogP contribution in [0.1, 0.15) is 6.92 Å². The highest BCUT2D eigenvalue weighted by atomic mass is 16.5. The van der Waals surface area contributed by atoms with Gasteiger partial charge in [0, 0.05) is 18.9 Å². The lowest BCUT2D eigenvalue weighted by Gasteiger charge is -1.98. The molecule has 2 aromatic heterocycles. The van der Waals surface area contributed by atoms with E-state index in [1.54, 1.807) is 10.9 Å². The minimum absolute atomic E-state index is 0.0214. The molecule has 0 atom stereocenters. The fourth-order valence-corrected chi connectivity index (χ4v) is 1.09. The van der Waals surface area contributed by atoms with Gasteiger partial charge in [-0.1, -0.05) is 0 Å². The minimum Gasteiger partial charge on any atom is -0.431 e. The van der Waals surface area contributed by atoms with Crippen molar-refractivity contribution in [3.05, 3.63) is 35.1 Å². The molecule has 2 rings (SSSR count). The van der Waals surface area contributed by atoms with Gasteiger partial charge in [-0.25, -0.2) is 4.98 Å². The predicted octanol–water partition coefficient (Wildman–Crippen LogP) is 0.779. The van der Waals surface area contributed by atoms with Gasteiger partial charge in [-0.05, 0) is 6.92 Å². The maximum absolute atomic E-state index is 11.2. The zero-order chi connectivity index (χ0) is 10.7. The number of nitrogens with one attached hydrogen (secondary N) is 1. The number of H-pyrrole nitrogens is 1. The highest BCUT2D eigenvalue weighted by Gasteiger charge is 2.04. The van der Waals surface area contributed by atoms with Crippen LogP contribution in [-0.2, 0) is 6.54 Å². The molecular formula is C9H10N4O2. The largest absolute Gasteiger partial charge is 0.431 e. The van der Waals surface area contributed by atoms with Crippen molar-refractivity contribution >= 4 is 0 Å². The van der Waals surface area contributed by atoms with Gasteiger partial charge in [0.2, 0.25) is 0 Å². The van der Waals surface area contributed by atoms with Gasteiger partial charge < -0.3 is 9.72 Å². The number of hydrogen-bond acceptors (Lipinski definition) is 4. The molecule has 0 aliphatic heterocycles. The Bertz CT molecular complexity index is 503. The molecule has 0 saturated carbocycles. The fourth-order valence-electron chi connectivity index (χ4n) is 1.09. The molecule has 1 N–H and O–H groups in total. The monoisotopic (exact) mass is 206 g/mol. The van der Waals surface area contributed by atoms with E-state index in [2.05, 4.69) is 15.1 Å². The Morgan fingerprint density at radius 1 is 1.60 bits per heavy atom. The van der Waals surface area contributed by atoms with Crippen molar-refractivity contribution in [2.45, 2.75) is 13.5 Å². The number of aromatic amines is 1.